The summed E-state index contributed by atoms with van der Waals surface area (Å²) in [4.78, 5) is 24.0. The van der Waals surface area contributed by atoms with Gasteiger partial charge in [0.25, 0.3) is 0 Å². The standard InChI is InChI=1S/C23H22N4O3/c28-22(26-19-8-9-20-21(11-19)30-15-29-20)17-7-4-10-27(14-17)23-24-12-18(13-25-23)16-5-2-1-3-6-16/h1-3,5-6,8-9,11-13,17H,4,7,10,14-15H2,(H,26,28)/t17-/m1/s1. The van der Waals surface area contributed by atoms with Crippen molar-refractivity contribution in [1.29, 1.82) is 0 Å². The summed E-state index contributed by atoms with van der Waals surface area (Å²) in [7, 11) is 0. The van der Waals surface area contributed by atoms with Crippen LogP contribution in [-0.4, -0.2) is 35.8 Å². The van der Waals surface area contributed by atoms with Gasteiger partial charge < -0.3 is 19.7 Å². The molecular formula is C23H22N4O3. The van der Waals surface area contributed by atoms with Crippen molar-refractivity contribution in [3.63, 3.8) is 0 Å². The number of fused-ring (bicyclic) bond motifs is 1. The molecular weight excluding hydrogens is 380 g/mol. The van der Waals surface area contributed by atoms with E-state index in [9.17, 15) is 4.79 Å². The van der Waals surface area contributed by atoms with Gasteiger partial charge in [0.05, 0.1) is 5.92 Å². The minimum absolute atomic E-state index is 0.000490. The van der Waals surface area contributed by atoms with E-state index in [-0.39, 0.29) is 18.6 Å². The third-order valence-electron chi connectivity index (χ3n) is 5.46. The predicted octanol–water partition coefficient (Wildman–Crippen LogP) is 3.73. The van der Waals surface area contributed by atoms with Crippen LogP contribution in [0.2, 0.25) is 0 Å². The minimum Gasteiger partial charge on any atom is -0.454 e. The van der Waals surface area contributed by atoms with Gasteiger partial charge in [0.1, 0.15) is 0 Å². The maximum atomic E-state index is 12.8. The lowest BCUT2D eigenvalue weighted by Crippen LogP contribution is -2.41. The van der Waals surface area contributed by atoms with Gasteiger partial charge in [-0.1, -0.05) is 30.3 Å². The molecule has 0 aliphatic carbocycles. The fourth-order valence-electron chi connectivity index (χ4n) is 3.86. The molecule has 30 heavy (non-hydrogen) atoms. The van der Waals surface area contributed by atoms with Crippen LogP contribution in [0, 0.1) is 5.92 Å². The van der Waals surface area contributed by atoms with E-state index in [0.717, 1.165) is 30.5 Å². The van der Waals surface area contributed by atoms with E-state index in [2.05, 4.69) is 20.2 Å². The molecule has 0 radical (unpaired) electrons. The number of benzene rings is 2. The van der Waals surface area contributed by atoms with Gasteiger partial charge in [-0.15, -0.1) is 0 Å². The molecule has 1 amide bonds. The molecule has 1 saturated heterocycles. The van der Waals surface area contributed by atoms with Crippen molar-refractivity contribution >= 4 is 17.5 Å². The van der Waals surface area contributed by atoms with Crippen molar-refractivity contribution in [2.24, 2.45) is 5.92 Å². The number of carbonyl (C=O) groups is 1. The molecule has 3 heterocycles. The number of nitrogens with one attached hydrogen (secondary N) is 1. The van der Waals surface area contributed by atoms with Crippen LogP contribution in [0.5, 0.6) is 11.5 Å². The van der Waals surface area contributed by atoms with Crippen molar-refractivity contribution in [3.05, 3.63) is 60.9 Å². The fraction of sp³-hybridized carbons (Fsp3) is 0.261. The highest BCUT2D eigenvalue weighted by Crippen LogP contribution is 2.34. The van der Waals surface area contributed by atoms with Crippen LogP contribution in [-0.2, 0) is 4.79 Å². The summed E-state index contributed by atoms with van der Waals surface area (Å²) in [5.74, 6) is 1.90. The summed E-state index contributed by atoms with van der Waals surface area (Å²) in [6.07, 6.45) is 5.44. The van der Waals surface area contributed by atoms with Crippen molar-refractivity contribution in [3.8, 4) is 22.6 Å². The number of nitrogens with zero attached hydrogens (tertiary/aromatic N) is 3. The molecule has 152 valence electrons. The monoisotopic (exact) mass is 402 g/mol. The van der Waals surface area contributed by atoms with E-state index in [0.29, 0.717) is 29.7 Å². The van der Waals surface area contributed by atoms with Gasteiger partial charge in [-0.3, -0.25) is 4.79 Å². The number of anilines is 2. The lowest BCUT2D eigenvalue weighted by molar-refractivity contribution is -0.120. The maximum Gasteiger partial charge on any atom is 0.231 e. The Morgan fingerprint density at radius 3 is 2.63 bits per heavy atom. The van der Waals surface area contributed by atoms with Gasteiger partial charge in [0.15, 0.2) is 11.5 Å². The first-order chi connectivity index (χ1) is 14.8. The van der Waals surface area contributed by atoms with E-state index in [4.69, 9.17) is 9.47 Å². The Labute approximate surface area is 174 Å². The molecule has 0 spiro atoms. The second-order valence-corrected chi connectivity index (χ2v) is 7.48. The summed E-state index contributed by atoms with van der Waals surface area (Å²) in [6.45, 7) is 1.66. The molecule has 1 N–H and O–H groups in total. The lowest BCUT2D eigenvalue weighted by atomic mass is 9.97. The quantitative estimate of drug-likeness (QED) is 0.717. The van der Waals surface area contributed by atoms with Crippen molar-refractivity contribution in [1.82, 2.24) is 9.97 Å². The maximum absolute atomic E-state index is 12.8. The topological polar surface area (TPSA) is 76.6 Å². The van der Waals surface area contributed by atoms with Gasteiger partial charge in [-0.25, -0.2) is 9.97 Å². The zero-order valence-electron chi connectivity index (χ0n) is 16.5. The van der Waals surface area contributed by atoms with Gasteiger partial charge in [0, 0.05) is 42.8 Å². The molecule has 2 aliphatic heterocycles. The smallest absolute Gasteiger partial charge is 0.231 e. The van der Waals surface area contributed by atoms with Gasteiger partial charge in [-0.05, 0) is 30.5 Å². The van der Waals surface area contributed by atoms with Gasteiger partial charge >= 0.3 is 0 Å². The molecule has 7 heteroatoms. The molecule has 0 saturated carbocycles. The second kappa shape index (κ2) is 8.02. The van der Waals surface area contributed by atoms with Crippen LogP contribution in [0.15, 0.2) is 60.9 Å². The van der Waals surface area contributed by atoms with Crippen LogP contribution in [0.25, 0.3) is 11.1 Å². The Kier molecular flexibility index (Phi) is 4.93. The third-order valence-corrected chi connectivity index (χ3v) is 5.46. The van der Waals surface area contributed by atoms with Crippen molar-refractivity contribution in [2.45, 2.75) is 12.8 Å². The Morgan fingerprint density at radius 1 is 1.00 bits per heavy atom. The molecule has 1 fully saturated rings. The van der Waals surface area contributed by atoms with E-state index in [1.54, 1.807) is 6.07 Å². The van der Waals surface area contributed by atoms with E-state index < -0.39 is 0 Å². The summed E-state index contributed by atoms with van der Waals surface area (Å²) < 4.78 is 10.7. The summed E-state index contributed by atoms with van der Waals surface area (Å²) in [5.41, 5.74) is 2.78. The number of ether oxygens (including phenoxy) is 2. The first kappa shape index (κ1) is 18.4. The van der Waals surface area contributed by atoms with Crippen LogP contribution in [0.3, 0.4) is 0 Å². The van der Waals surface area contributed by atoms with Crippen molar-refractivity contribution < 1.29 is 14.3 Å². The molecule has 1 atom stereocenters. The average molecular weight is 402 g/mol. The Hall–Kier alpha value is -3.61. The average Bonchev–Trinajstić information content (AvgIpc) is 3.28. The second-order valence-electron chi connectivity index (χ2n) is 7.48. The van der Waals surface area contributed by atoms with Gasteiger partial charge in [0.2, 0.25) is 18.6 Å². The number of hydrogen-bond acceptors (Lipinski definition) is 6. The van der Waals surface area contributed by atoms with Crippen LogP contribution < -0.4 is 19.7 Å². The first-order valence-corrected chi connectivity index (χ1v) is 10.1. The van der Waals surface area contributed by atoms with E-state index in [1.807, 2.05) is 54.9 Å². The molecule has 7 nitrogen and oxygen atoms in total. The minimum atomic E-state index is -0.124. The predicted molar refractivity (Wildman–Crippen MR) is 114 cm³/mol. The fourth-order valence-corrected chi connectivity index (χ4v) is 3.86. The van der Waals surface area contributed by atoms with Crippen molar-refractivity contribution in [2.75, 3.05) is 30.1 Å². The number of hydrogen-bond donors (Lipinski definition) is 1. The first-order valence-electron chi connectivity index (χ1n) is 10.1. The largest absolute Gasteiger partial charge is 0.454 e. The molecule has 2 aromatic carbocycles. The van der Waals surface area contributed by atoms with Crippen LogP contribution in [0.4, 0.5) is 11.6 Å². The zero-order valence-corrected chi connectivity index (χ0v) is 16.5. The number of piperidine rings is 1. The SMILES string of the molecule is O=C(Nc1ccc2c(c1)OCO2)[C@@H]1CCCN(c2ncc(-c3ccccc3)cn2)C1. The van der Waals surface area contributed by atoms with Gasteiger partial charge in [-0.2, -0.15) is 0 Å². The van der Waals surface area contributed by atoms with Crippen LogP contribution in [0.1, 0.15) is 12.8 Å². The molecule has 1 aromatic heterocycles. The zero-order chi connectivity index (χ0) is 20.3. The number of aromatic nitrogens is 2. The lowest BCUT2D eigenvalue weighted by Gasteiger charge is -2.32. The summed E-state index contributed by atoms with van der Waals surface area (Å²) in [5, 5.41) is 3.00. The normalized spacial score (nSPS) is 17.6. The Bertz CT molecular complexity index is 1040. The number of amides is 1. The molecule has 5 rings (SSSR count). The van der Waals surface area contributed by atoms with Crippen LogP contribution >= 0.6 is 0 Å². The van der Waals surface area contributed by atoms with E-state index in [1.165, 1.54) is 0 Å². The summed E-state index contributed by atoms with van der Waals surface area (Å²) >= 11 is 0. The molecule has 0 unspecified atom stereocenters. The number of rotatable bonds is 4. The Balaban J connectivity index is 1.25. The highest BCUT2D eigenvalue weighted by molar-refractivity contribution is 5.93. The van der Waals surface area contributed by atoms with E-state index >= 15 is 0 Å². The summed E-state index contributed by atoms with van der Waals surface area (Å²) in [6, 6.07) is 15.5. The highest BCUT2D eigenvalue weighted by Gasteiger charge is 2.27. The molecule has 3 aromatic rings. The number of carbonyl (C=O) groups excluding carboxylic acids is 1. The molecule has 0 bridgehead atoms. The third kappa shape index (κ3) is 3.78. The highest BCUT2D eigenvalue weighted by atomic mass is 16.7. The molecule has 2 aliphatic rings. The Morgan fingerprint density at radius 2 is 1.80 bits per heavy atom.